The first kappa shape index (κ1) is 15.4. The molecule has 0 aromatic rings. The quantitative estimate of drug-likeness (QED) is 0.513. The zero-order valence-electron chi connectivity index (χ0n) is 13.2. The van der Waals surface area contributed by atoms with E-state index in [9.17, 15) is 0 Å². The van der Waals surface area contributed by atoms with Crippen LogP contribution in [0.25, 0.3) is 0 Å². The van der Waals surface area contributed by atoms with Crippen LogP contribution in [0.2, 0.25) is 0 Å². The third-order valence-electron chi connectivity index (χ3n) is 4.72. The molecule has 3 rings (SSSR count). The second-order valence-corrected chi connectivity index (χ2v) is 6.22. The van der Waals surface area contributed by atoms with Gasteiger partial charge in [-0.15, -0.1) is 0 Å². The normalized spacial score (nSPS) is 31.6. The highest BCUT2D eigenvalue weighted by molar-refractivity contribution is 5.25. The third-order valence-corrected chi connectivity index (χ3v) is 4.72. The van der Waals surface area contributed by atoms with E-state index in [1.807, 2.05) is 32.1 Å². The number of hydrogen-bond acceptors (Lipinski definition) is 2. The molecule has 1 aliphatic carbocycles. The maximum absolute atomic E-state index is 6.35. The summed E-state index contributed by atoms with van der Waals surface area (Å²) in [5, 5.41) is 0. The molecule has 2 bridgehead atoms. The molecule has 2 nitrogen and oxygen atoms in total. The van der Waals surface area contributed by atoms with Gasteiger partial charge in [-0.1, -0.05) is 25.7 Å². The summed E-state index contributed by atoms with van der Waals surface area (Å²) < 4.78 is 12.3. The summed E-state index contributed by atoms with van der Waals surface area (Å²) in [6.45, 7) is 11.1. The summed E-state index contributed by atoms with van der Waals surface area (Å²) in [6.07, 6.45) is 12.7. The number of ether oxygens (including phenoxy) is 2. The van der Waals surface area contributed by atoms with Crippen molar-refractivity contribution in [2.75, 3.05) is 6.61 Å². The lowest BCUT2D eigenvalue weighted by Gasteiger charge is -2.50. The predicted molar refractivity (Wildman–Crippen MR) is 83.5 cm³/mol. The van der Waals surface area contributed by atoms with Gasteiger partial charge >= 0.3 is 0 Å². The summed E-state index contributed by atoms with van der Waals surface area (Å²) in [5.41, 5.74) is 1.21. The van der Waals surface area contributed by atoms with Crippen LogP contribution in [0.15, 0.2) is 36.1 Å². The van der Waals surface area contributed by atoms with E-state index in [0.29, 0.717) is 6.10 Å². The molecule has 2 saturated heterocycles. The molecular formula is C18H28O2. The SMILES string of the molecule is C=C(C)/C(=C\C=C/C)OC(CC)C12CCC(CC1)OC2. The first-order valence-electron chi connectivity index (χ1n) is 7.88. The minimum absolute atomic E-state index is 0.216. The molecule has 2 heterocycles. The Morgan fingerprint density at radius 3 is 2.60 bits per heavy atom. The van der Waals surface area contributed by atoms with Crippen molar-refractivity contribution >= 4 is 0 Å². The number of allylic oxidation sites excluding steroid dienone is 4. The Labute approximate surface area is 123 Å². The van der Waals surface area contributed by atoms with E-state index in [2.05, 4.69) is 13.5 Å². The lowest BCUT2D eigenvalue weighted by atomic mass is 9.67. The summed E-state index contributed by atoms with van der Waals surface area (Å²) in [5.74, 6) is 0.914. The van der Waals surface area contributed by atoms with Gasteiger partial charge in [-0.3, -0.25) is 0 Å². The van der Waals surface area contributed by atoms with Crippen LogP contribution in [-0.2, 0) is 9.47 Å². The minimum Gasteiger partial charge on any atom is -0.490 e. The van der Waals surface area contributed by atoms with Crippen LogP contribution in [0.4, 0.5) is 0 Å². The molecule has 0 N–H and O–H groups in total. The molecule has 0 radical (unpaired) electrons. The standard InChI is InChI=1S/C18H28O2/c1-5-7-8-16(14(3)4)20-17(6-2)18-11-9-15(10-12-18)19-13-18/h5,7-8,15,17H,3,6,9-13H2,1-2,4H3/b7-5-,16-8+. The lowest BCUT2D eigenvalue weighted by molar-refractivity contribution is -0.164. The number of fused-ring (bicyclic) bond motifs is 3. The zero-order valence-corrected chi connectivity index (χ0v) is 13.2. The molecule has 1 atom stereocenters. The fraction of sp³-hybridized carbons (Fsp3) is 0.667. The monoisotopic (exact) mass is 276 g/mol. The van der Waals surface area contributed by atoms with Crippen LogP contribution in [0, 0.1) is 5.41 Å². The summed E-state index contributed by atoms with van der Waals surface area (Å²) in [7, 11) is 0. The molecule has 0 spiro atoms. The van der Waals surface area contributed by atoms with Crippen molar-refractivity contribution in [2.45, 2.75) is 65.1 Å². The maximum Gasteiger partial charge on any atom is 0.122 e. The molecule has 1 saturated carbocycles. The van der Waals surface area contributed by atoms with Crippen molar-refractivity contribution in [3.05, 3.63) is 36.1 Å². The molecule has 2 aliphatic heterocycles. The Kier molecular flexibility index (Phi) is 5.09. The molecular weight excluding hydrogens is 248 g/mol. The van der Waals surface area contributed by atoms with Gasteiger partial charge in [0.05, 0.1) is 12.7 Å². The Balaban J connectivity index is 2.13. The highest BCUT2D eigenvalue weighted by Gasteiger charge is 2.47. The summed E-state index contributed by atoms with van der Waals surface area (Å²) in [6, 6.07) is 0. The van der Waals surface area contributed by atoms with E-state index in [4.69, 9.17) is 9.47 Å². The largest absolute Gasteiger partial charge is 0.490 e. The number of rotatable bonds is 6. The average molecular weight is 276 g/mol. The van der Waals surface area contributed by atoms with Gasteiger partial charge in [0.2, 0.25) is 0 Å². The molecule has 3 aliphatic rings. The molecule has 0 amide bonds. The van der Waals surface area contributed by atoms with Crippen LogP contribution < -0.4 is 0 Å². The van der Waals surface area contributed by atoms with Gasteiger partial charge in [0.15, 0.2) is 0 Å². The highest BCUT2D eigenvalue weighted by Crippen LogP contribution is 2.48. The highest BCUT2D eigenvalue weighted by atomic mass is 16.5. The topological polar surface area (TPSA) is 18.5 Å². The van der Waals surface area contributed by atoms with Crippen molar-refractivity contribution in [2.24, 2.45) is 5.41 Å². The van der Waals surface area contributed by atoms with E-state index in [0.717, 1.165) is 24.4 Å². The fourth-order valence-electron chi connectivity index (χ4n) is 3.44. The smallest absolute Gasteiger partial charge is 0.122 e. The second-order valence-electron chi connectivity index (χ2n) is 6.22. The molecule has 2 heteroatoms. The Morgan fingerprint density at radius 1 is 1.45 bits per heavy atom. The minimum atomic E-state index is 0.216. The van der Waals surface area contributed by atoms with Crippen molar-refractivity contribution < 1.29 is 9.47 Å². The van der Waals surface area contributed by atoms with E-state index in [1.165, 1.54) is 25.7 Å². The molecule has 1 unspecified atom stereocenters. The van der Waals surface area contributed by atoms with Gasteiger partial charge in [0, 0.05) is 5.41 Å². The summed E-state index contributed by atoms with van der Waals surface area (Å²) in [4.78, 5) is 0. The zero-order chi connectivity index (χ0) is 14.6. The second kappa shape index (κ2) is 6.62. The van der Waals surface area contributed by atoms with Crippen molar-refractivity contribution in [1.29, 1.82) is 0 Å². The van der Waals surface area contributed by atoms with Crippen LogP contribution >= 0.6 is 0 Å². The first-order chi connectivity index (χ1) is 9.61. The molecule has 112 valence electrons. The van der Waals surface area contributed by atoms with Crippen LogP contribution in [-0.4, -0.2) is 18.8 Å². The summed E-state index contributed by atoms with van der Waals surface area (Å²) >= 11 is 0. The van der Waals surface area contributed by atoms with Gasteiger partial charge in [0.25, 0.3) is 0 Å². The molecule has 20 heavy (non-hydrogen) atoms. The van der Waals surface area contributed by atoms with Gasteiger partial charge in [-0.05, 0) is 57.6 Å². The average Bonchev–Trinajstić information content (AvgIpc) is 2.49. The first-order valence-corrected chi connectivity index (χ1v) is 7.88. The predicted octanol–water partition coefficient (Wildman–Crippen LogP) is 4.78. The third kappa shape index (κ3) is 3.17. The van der Waals surface area contributed by atoms with E-state index in [-0.39, 0.29) is 11.5 Å². The van der Waals surface area contributed by atoms with Gasteiger partial charge in [0.1, 0.15) is 11.9 Å². The van der Waals surface area contributed by atoms with Crippen LogP contribution in [0.1, 0.15) is 52.9 Å². The molecule has 3 fully saturated rings. The molecule has 0 aromatic carbocycles. The Hall–Kier alpha value is -1.02. The van der Waals surface area contributed by atoms with E-state index in [1.54, 1.807) is 0 Å². The van der Waals surface area contributed by atoms with Crippen LogP contribution in [0.5, 0.6) is 0 Å². The molecule has 0 aromatic heterocycles. The van der Waals surface area contributed by atoms with Crippen molar-refractivity contribution in [3.63, 3.8) is 0 Å². The van der Waals surface area contributed by atoms with Crippen LogP contribution in [0.3, 0.4) is 0 Å². The maximum atomic E-state index is 6.35. The van der Waals surface area contributed by atoms with Gasteiger partial charge < -0.3 is 9.47 Å². The van der Waals surface area contributed by atoms with Crippen molar-refractivity contribution in [1.82, 2.24) is 0 Å². The van der Waals surface area contributed by atoms with E-state index >= 15 is 0 Å². The van der Waals surface area contributed by atoms with Crippen molar-refractivity contribution in [3.8, 4) is 0 Å². The van der Waals surface area contributed by atoms with Gasteiger partial charge in [-0.2, -0.15) is 0 Å². The number of hydrogen-bond donors (Lipinski definition) is 0. The van der Waals surface area contributed by atoms with E-state index < -0.39 is 0 Å². The lowest BCUT2D eigenvalue weighted by Crippen LogP contribution is -2.50. The fourth-order valence-corrected chi connectivity index (χ4v) is 3.44. The van der Waals surface area contributed by atoms with Gasteiger partial charge in [-0.25, -0.2) is 0 Å². The Morgan fingerprint density at radius 2 is 2.15 bits per heavy atom. The Bertz CT molecular complexity index is 384.